The van der Waals surface area contributed by atoms with E-state index < -0.39 is 0 Å². The van der Waals surface area contributed by atoms with Gasteiger partial charge in [0.25, 0.3) is 0 Å². The minimum atomic E-state index is -0.351. The van der Waals surface area contributed by atoms with Crippen molar-refractivity contribution in [1.82, 2.24) is 15.6 Å². The molecule has 0 saturated heterocycles. The zero-order valence-corrected chi connectivity index (χ0v) is 9.81. The number of aliphatic imine (C=N–C) groups is 1. The highest BCUT2D eigenvalue weighted by atomic mass is 16.2. The van der Waals surface area contributed by atoms with E-state index in [1.807, 2.05) is 0 Å². The number of urea groups is 1. The van der Waals surface area contributed by atoms with Crippen molar-refractivity contribution in [2.45, 2.75) is 19.8 Å². The van der Waals surface area contributed by atoms with Crippen molar-refractivity contribution in [3.8, 4) is 0 Å². The average Bonchev–Trinajstić information content (AvgIpc) is 2.30. The molecule has 0 saturated carbocycles. The van der Waals surface area contributed by atoms with Crippen LogP contribution in [0.15, 0.2) is 29.4 Å². The van der Waals surface area contributed by atoms with Crippen molar-refractivity contribution in [1.29, 1.82) is 0 Å². The third kappa shape index (κ3) is 5.50. The topological polar surface area (TPSA) is 92.4 Å². The van der Waals surface area contributed by atoms with Crippen LogP contribution in [0.25, 0.3) is 0 Å². The van der Waals surface area contributed by atoms with Crippen LogP contribution in [-0.2, 0) is 0 Å². The maximum absolute atomic E-state index is 11.3. The van der Waals surface area contributed by atoms with Crippen LogP contribution in [0, 0.1) is 0 Å². The van der Waals surface area contributed by atoms with E-state index in [0.717, 1.165) is 12.8 Å². The van der Waals surface area contributed by atoms with E-state index in [9.17, 15) is 4.79 Å². The Kier molecular flexibility index (Phi) is 5.50. The number of nitrogens with zero attached hydrogens (tertiary/aromatic N) is 2. The van der Waals surface area contributed by atoms with Crippen molar-refractivity contribution in [2.24, 2.45) is 10.7 Å². The summed E-state index contributed by atoms with van der Waals surface area (Å²) in [6.07, 6.45) is 3.57. The number of carbonyl (C=O) groups is 1. The van der Waals surface area contributed by atoms with Crippen molar-refractivity contribution in [2.75, 3.05) is 6.54 Å². The Bertz CT molecular complexity index is 377. The normalized spacial score (nSPS) is 11.0. The number of rotatable bonds is 4. The summed E-state index contributed by atoms with van der Waals surface area (Å²) in [5.74, 6) is 0.483. The Hall–Kier alpha value is -2.11. The Labute approximate surface area is 100 Å². The van der Waals surface area contributed by atoms with Crippen molar-refractivity contribution in [3.05, 3.63) is 24.4 Å². The second-order valence-corrected chi connectivity index (χ2v) is 3.42. The molecule has 2 amide bonds. The van der Waals surface area contributed by atoms with Crippen molar-refractivity contribution in [3.63, 3.8) is 0 Å². The van der Waals surface area contributed by atoms with Crippen LogP contribution in [0.5, 0.6) is 0 Å². The maximum atomic E-state index is 11.3. The van der Waals surface area contributed by atoms with Gasteiger partial charge in [-0.15, -0.1) is 0 Å². The molecule has 0 fully saturated rings. The molecule has 0 aliphatic rings. The SMILES string of the molecule is CCCCNC(=O)N/C(N)=N/c1ccccn1. The quantitative estimate of drug-likeness (QED) is 0.415. The van der Waals surface area contributed by atoms with Crippen LogP contribution >= 0.6 is 0 Å². The van der Waals surface area contributed by atoms with Gasteiger partial charge in [-0.2, -0.15) is 4.99 Å². The van der Waals surface area contributed by atoms with E-state index >= 15 is 0 Å². The van der Waals surface area contributed by atoms with Gasteiger partial charge in [-0.3, -0.25) is 5.32 Å². The fourth-order valence-electron chi connectivity index (χ4n) is 1.11. The summed E-state index contributed by atoms with van der Waals surface area (Å²) < 4.78 is 0. The standard InChI is InChI=1S/C11H17N5O/c1-2-3-7-14-11(17)16-10(12)15-9-6-4-5-8-13-9/h4-6,8H,2-3,7H2,1H3,(H4,12,13,14,15,16,17). The zero-order valence-electron chi connectivity index (χ0n) is 9.81. The van der Waals surface area contributed by atoms with E-state index in [4.69, 9.17) is 5.73 Å². The van der Waals surface area contributed by atoms with Gasteiger partial charge >= 0.3 is 6.03 Å². The summed E-state index contributed by atoms with van der Waals surface area (Å²) in [6.45, 7) is 2.68. The Balaban J connectivity index is 2.41. The molecule has 1 rings (SSSR count). The fraction of sp³-hybridized carbons (Fsp3) is 0.364. The summed E-state index contributed by atoms with van der Waals surface area (Å²) in [7, 11) is 0. The first-order chi connectivity index (χ1) is 8.22. The van der Waals surface area contributed by atoms with Gasteiger partial charge in [0.1, 0.15) is 0 Å². The zero-order chi connectivity index (χ0) is 12.5. The molecule has 92 valence electrons. The van der Waals surface area contributed by atoms with Crippen molar-refractivity contribution >= 4 is 17.8 Å². The monoisotopic (exact) mass is 235 g/mol. The van der Waals surface area contributed by atoms with Crippen LogP contribution in [-0.4, -0.2) is 23.5 Å². The lowest BCUT2D eigenvalue weighted by atomic mass is 10.3. The van der Waals surface area contributed by atoms with Gasteiger partial charge in [-0.1, -0.05) is 19.4 Å². The molecular formula is C11H17N5O. The number of unbranched alkanes of at least 4 members (excludes halogenated alkanes) is 1. The molecular weight excluding hydrogens is 218 g/mol. The summed E-state index contributed by atoms with van der Waals surface area (Å²) in [6, 6.07) is 4.92. The molecule has 0 aliphatic carbocycles. The van der Waals surface area contributed by atoms with Crippen LogP contribution < -0.4 is 16.4 Å². The lowest BCUT2D eigenvalue weighted by Crippen LogP contribution is -2.43. The predicted molar refractivity (Wildman–Crippen MR) is 67.0 cm³/mol. The molecule has 0 aromatic carbocycles. The molecule has 0 bridgehead atoms. The summed E-state index contributed by atoms with van der Waals surface area (Å²) in [4.78, 5) is 19.2. The Morgan fingerprint density at radius 1 is 1.53 bits per heavy atom. The highest BCUT2D eigenvalue weighted by Crippen LogP contribution is 2.03. The largest absolute Gasteiger partial charge is 0.369 e. The van der Waals surface area contributed by atoms with Crippen LogP contribution in [0.3, 0.4) is 0 Å². The van der Waals surface area contributed by atoms with Gasteiger partial charge in [0.2, 0.25) is 5.96 Å². The number of hydrogen-bond acceptors (Lipinski definition) is 3. The molecule has 0 unspecified atom stereocenters. The van der Waals surface area contributed by atoms with Gasteiger partial charge in [0.15, 0.2) is 5.82 Å². The second-order valence-electron chi connectivity index (χ2n) is 3.42. The third-order valence-corrected chi connectivity index (χ3v) is 1.94. The van der Waals surface area contributed by atoms with E-state index in [2.05, 4.69) is 27.5 Å². The molecule has 0 spiro atoms. The van der Waals surface area contributed by atoms with Crippen LogP contribution in [0.1, 0.15) is 19.8 Å². The number of guanidine groups is 1. The molecule has 0 radical (unpaired) electrons. The maximum Gasteiger partial charge on any atom is 0.321 e. The smallest absolute Gasteiger partial charge is 0.321 e. The summed E-state index contributed by atoms with van der Waals surface area (Å²) >= 11 is 0. The number of aromatic nitrogens is 1. The minimum Gasteiger partial charge on any atom is -0.369 e. The van der Waals surface area contributed by atoms with Crippen LogP contribution in [0.4, 0.5) is 10.6 Å². The van der Waals surface area contributed by atoms with Crippen molar-refractivity contribution < 1.29 is 4.79 Å². The predicted octanol–water partition coefficient (Wildman–Crippen LogP) is 1.13. The molecule has 6 nitrogen and oxygen atoms in total. The molecule has 1 aromatic rings. The van der Waals surface area contributed by atoms with Gasteiger partial charge in [-0.25, -0.2) is 9.78 Å². The number of nitrogens with two attached hydrogens (primary N) is 1. The summed E-state index contributed by atoms with van der Waals surface area (Å²) in [5.41, 5.74) is 5.55. The van der Waals surface area contributed by atoms with E-state index in [-0.39, 0.29) is 12.0 Å². The molecule has 17 heavy (non-hydrogen) atoms. The molecule has 4 N–H and O–H groups in total. The lowest BCUT2D eigenvalue weighted by molar-refractivity contribution is 0.245. The first-order valence-electron chi connectivity index (χ1n) is 5.52. The highest BCUT2D eigenvalue weighted by Gasteiger charge is 2.01. The minimum absolute atomic E-state index is 0.0256. The van der Waals surface area contributed by atoms with E-state index in [0.29, 0.717) is 12.4 Å². The Morgan fingerprint density at radius 3 is 3.00 bits per heavy atom. The Morgan fingerprint density at radius 2 is 2.35 bits per heavy atom. The fourth-order valence-corrected chi connectivity index (χ4v) is 1.11. The molecule has 0 aliphatic heterocycles. The van der Waals surface area contributed by atoms with Gasteiger partial charge in [0.05, 0.1) is 0 Å². The van der Waals surface area contributed by atoms with E-state index in [1.165, 1.54) is 0 Å². The molecule has 1 heterocycles. The van der Waals surface area contributed by atoms with Gasteiger partial charge < -0.3 is 11.1 Å². The van der Waals surface area contributed by atoms with Gasteiger partial charge in [0, 0.05) is 12.7 Å². The first-order valence-corrected chi connectivity index (χ1v) is 5.52. The number of nitrogens with one attached hydrogen (secondary N) is 2. The van der Waals surface area contributed by atoms with Gasteiger partial charge in [-0.05, 0) is 18.6 Å². The average molecular weight is 235 g/mol. The highest BCUT2D eigenvalue weighted by molar-refractivity contribution is 5.96. The third-order valence-electron chi connectivity index (χ3n) is 1.94. The number of hydrogen-bond donors (Lipinski definition) is 3. The number of pyridine rings is 1. The molecule has 6 heteroatoms. The second kappa shape index (κ2) is 7.21. The molecule has 0 atom stereocenters. The lowest BCUT2D eigenvalue weighted by Gasteiger charge is -2.05. The van der Waals surface area contributed by atoms with E-state index in [1.54, 1.807) is 24.4 Å². The van der Waals surface area contributed by atoms with Crippen LogP contribution in [0.2, 0.25) is 0 Å². The number of amides is 2. The number of carbonyl (C=O) groups excluding carboxylic acids is 1. The molecule has 1 aromatic heterocycles. The first kappa shape index (κ1) is 13.0. The summed E-state index contributed by atoms with van der Waals surface area (Å²) in [5, 5.41) is 5.09.